The van der Waals surface area contributed by atoms with E-state index < -0.39 is 6.36 Å². The van der Waals surface area contributed by atoms with Crippen molar-refractivity contribution in [3.05, 3.63) is 77.1 Å². The number of alkyl halides is 3. The fourth-order valence-electron chi connectivity index (χ4n) is 3.89. The summed E-state index contributed by atoms with van der Waals surface area (Å²) in [6.45, 7) is 2.15. The molecule has 0 saturated heterocycles. The molecule has 0 atom stereocenters. The monoisotopic (exact) mass is 400 g/mol. The predicted molar refractivity (Wildman–Crippen MR) is 105 cm³/mol. The summed E-state index contributed by atoms with van der Waals surface area (Å²) in [5.74, 6) is -0.645. The van der Waals surface area contributed by atoms with Gasteiger partial charge in [-0.1, -0.05) is 55.8 Å². The van der Waals surface area contributed by atoms with Crippen molar-refractivity contribution in [1.82, 2.24) is 0 Å². The molecule has 0 heterocycles. The van der Waals surface area contributed by atoms with Gasteiger partial charge in [-0.25, -0.2) is 4.39 Å². The van der Waals surface area contributed by atoms with Crippen molar-refractivity contribution in [3.8, 4) is 28.0 Å². The second kappa shape index (κ2) is 7.54. The zero-order valence-electron chi connectivity index (χ0n) is 15.9. The molecule has 29 heavy (non-hydrogen) atoms. The average Bonchev–Trinajstić information content (AvgIpc) is 3.05. The van der Waals surface area contributed by atoms with Crippen LogP contribution in [0.25, 0.3) is 22.3 Å². The molecule has 0 bridgehead atoms. The van der Waals surface area contributed by atoms with Gasteiger partial charge in [0.15, 0.2) is 0 Å². The number of benzene rings is 3. The number of ether oxygens (including phenoxy) is 1. The molecule has 0 amide bonds. The van der Waals surface area contributed by atoms with E-state index in [0.29, 0.717) is 23.1 Å². The molecule has 3 aromatic rings. The first kappa shape index (κ1) is 19.5. The van der Waals surface area contributed by atoms with Crippen molar-refractivity contribution in [2.24, 2.45) is 0 Å². The zero-order valence-corrected chi connectivity index (χ0v) is 15.9. The Morgan fingerprint density at radius 2 is 1.59 bits per heavy atom. The van der Waals surface area contributed by atoms with E-state index in [9.17, 15) is 13.2 Å². The van der Waals surface area contributed by atoms with E-state index in [4.69, 9.17) is 0 Å². The van der Waals surface area contributed by atoms with Crippen LogP contribution in [0.15, 0.2) is 54.6 Å². The quantitative estimate of drug-likeness (QED) is 0.319. The highest BCUT2D eigenvalue weighted by Crippen LogP contribution is 2.41. The molecule has 0 fully saturated rings. The first-order valence-electron chi connectivity index (χ1n) is 9.65. The molecule has 0 aromatic heterocycles. The summed E-state index contributed by atoms with van der Waals surface area (Å²) in [6, 6.07) is 15.2. The molecule has 1 aliphatic carbocycles. The van der Waals surface area contributed by atoms with Gasteiger partial charge in [-0.2, -0.15) is 0 Å². The number of hydrogen-bond donors (Lipinski definition) is 0. The van der Waals surface area contributed by atoms with Crippen molar-refractivity contribution in [1.29, 1.82) is 0 Å². The van der Waals surface area contributed by atoms with E-state index in [1.54, 1.807) is 6.07 Å². The van der Waals surface area contributed by atoms with Gasteiger partial charge in [0, 0.05) is 17.5 Å². The second-order valence-electron chi connectivity index (χ2n) is 7.30. The molecular weight excluding hydrogens is 380 g/mol. The lowest BCUT2D eigenvalue weighted by molar-refractivity contribution is -0.274. The normalized spacial score (nSPS) is 12.6. The number of fused-ring (bicyclic) bond motifs is 3. The maximum atomic E-state index is 15.3. The van der Waals surface area contributed by atoms with E-state index in [-0.39, 0.29) is 11.6 Å². The van der Waals surface area contributed by atoms with Crippen molar-refractivity contribution in [2.45, 2.75) is 39.0 Å². The number of hydrogen-bond acceptors (Lipinski definition) is 1. The van der Waals surface area contributed by atoms with Crippen molar-refractivity contribution >= 4 is 0 Å². The lowest BCUT2D eigenvalue weighted by atomic mass is 9.98. The molecule has 0 N–H and O–H groups in total. The number of rotatable bonds is 5. The van der Waals surface area contributed by atoms with E-state index in [1.807, 2.05) is 6.07 Å². The molecule has 0 saturated carbocycles. The smallest absolute Gasteiger partial charge is 0.406 e. The minimum absolute atomic E-state index is 0.321. The van der Waals surface area contributed by atoms with E-state index in [2.05, 4.69) is 29.9 Å². The highest BCUT2D eigenvalue weighted by atomic mass is 19.4. The summed E-state index contributed by atoms with van der Waals surface area (Å²) in [5, 5.41) is 0. The Morgan fingerprint density at radius 1 is 0.897 bits per heavy atom. The Bertz CT molecular complexity index is 1040. The molecule has 5 heteroatoms. The van der Waals surface area contributed by atoms with Crippen LogP contribution in [0.1, 0.15) is 36.5 Å². The van der Waals surface area contributed by atoms with Crippen LogP contribution >= 0.6 is 0 Å². The minimum atomic E-state index is -4.75. The van der Waals surface area contributed by atoms with Gasteiger partial charge in [-0.3, -0.25) is 0 Å². The van der Waals surface area contributed by atoms with Crippen LogP contribution in [-0.4, -0.2) is 6.36 Å². The van der Waals surface area contributed by atoms with Crippen molar-refractivity contribution in [2.75, 3.05) is 0 Å². The van der Waals surface area contributed by atoms with Gasteiger partial charge in [0.1, 0.15) is 11.6 Å². The third-order valence-corrected chi connectivity index (χ3v) is 5.29. The van der Waals surface area contributed by atoms with Crippen LogP contribution in [0.2, 0.25) is 0 Å². The first-order chi connectivity index (χ1) is 13.9. The zero-order chi connectivity index (χ0) is 20.6. The Labute approximate surface area is 167 Å². The number of aryl methyl sites for hydroxylation is 1. The standard InChI is InChI=1S/C24H20F4O/c1-2-3-4-15-5-10-19-17(13-15)14-22-21(19)12-11-20(23(22)25)16-6-8-18(9-7-16)29-24(26,27)28/h5-13H,2-4,14H2,1H3. The lowest BCUT2D eigenvalue weighted by Gasteiger charge is -2.11. The summed E-state index contributed by atoms with van der Waals surface area (Å²) in [5.41, 5.74) is 5.86. The van der Waals surface area contributed by atoms with Gasteiger partial charge < -0.3 is 4.74 Å². The summed E-state index contributed by atoms with van der Waals surface area (Å²) < 4.78 is 56.1. The third-order valence-electron chi connectivity index (χ3n) is 5.29. The van der Waals surface area contributed by atoms with Crippen LogP contribution in [0.4, 0.5) is 17.6 Å². The van der Waals surface area contributed by atoms with Crippen LogP contribution < -0.4 is 4.74 Å². The summed E-state index contributed by atoms with van der Waals surface area (Å²) in [7, 11) is 0. The average molecular weight is 400 g/mol. The van der Waals surface area contributed by atoms with Crippen molar-refractivity contribution < 1.29 is 22.3 Å². The highest BCUT2D eigenvalue weighted by Gasteiger charge is 2.31. The third kappa shape index (κ3) is 4.00. The SMILES string of the molecule is CCCCc1ccc2c(c1)Cc1c-2ccc(-c2ccc(OC(F)(F)F)cc2)c1F. The molecule has 3 aromatic carbocycles. The van der Waals surface area contributed by atoms with E-state index in [0.717, 1.165) is 36.0 Å². The summed E-state index contributed by atoms with van der Waals surface area (Å²) in [4.78, 5) is 0. The molecule has 150 valence electrons. The Hall–Kier alpha value is -2.82. The minimum Gasteiger partial charge on any atom is -0.406 e. The second-order valence-corrected chi connectivity index (χ2v) is 7.30. The molecular formula is C24H20F4O. The fourth-order valence-corrected chi connectivity index (χ4v) is 3.89. The van der Waals surface area contributed by atoms with Crippen molar-refractivity contribution in [3.63, 3.8) is 0 Å². The van der Waals surface area contributed by atoms with E-state index >= 15 is 4.39 Å². The number of halogens is 4. The molecule has 0 aliphatic heterocycles. The molecule has 0 unspecified atom stereocenters. The maximum absolute atomic E-state index is 15.3. The summed E-state index contributed by atoms with van der Waals surface area (Å²) >= 11 is 0. The van der Waals surface area contributed by atoms with Crippen LogP contribution in [0.3, 0.4) is 0 Å². The Kier molecular flexibility index (Phi) is 5.07. The lowest BCUT2D eigenvalue weighted by Crippen LogP contribution is -2.16. The van der Waals surface area contributed by atoms with Gasteiger partial charge in [0.2, 0.25) is 0 Å². The topological polar surface area (TPSA) is 9.23 Å². The number of unbranched alkanes of at least 4 members (excludes halogenated alkanes) is 1. The molecule has 0 radical (unpaired) electrons. The fraction of sp³-hybridized carbons (Fsp3) is 0.250. The van der Waals surface area contributed by atoms with Crippen LogP contribution in [0.5, 0.6) is 5.75 Å². The van der Waals surface area contributed by atoms with Crippen LogP contribution in [0, 0.1) is 5.82 Å². The van der Waals surface area contributed by atoms with Gasteiger partial charge in [0.05, 0.1) is 0 Å². The molecule has 0 spiro atoms. The highest BCUT2D eigenvalue weighted by molar-refractivity contribution is 5.81. The van der Waals surface area contributed by atoms with Gasteiger partial charge >= 0.3 is 6.36 Å². The first-order valence-corrected chi connectivity index (χ1v) is 9.65. The van der Waals surface area contributed by atoms with Crippen LogP contribution in [-0.2, 0) is 12.8 Å². The molecule has 4 rings (SSSR count). The van der Waals surface area contributed by atoms with Gasteiger partial charge in [0.25, 0.3) is 0 Å². The Balaban J connectivity index is 1.63. The predicted octanol–water partition coefficient (Wildman–Crippen LogP) is 7.31. The summed E-state index contributed by atoms with van der Waals surface area (Å²) in [6.07, 6.45) is -0.956. The molecule has 1 nitrogen and oxygen atoms in total. The largest absolute Gasteiger partial charge is 0.573 e. The maximum Gasteiger partial charge on any atom is 0.573 e. The Morgan fingerprint density at radius 3 is 2.28 bits per heavy atom. The van der Waals surface area contributed by atoms with Gasteiger partial charge in [-0.15, -0.1) is 13.2 Å². The van der Waals surface area contributed by atoms with Gasteiger partial charge in [-0.05, 0) is 52.8 Å². The molecule has 1 aliphatic rings. The van der Waals surface area contributed by atoms with E-state index in [1.165, 1.54) is 29.8 Å².